The number of aromatic nitrogens is 1. The van der Waals surface area contributed by atoms with E-state index in [0.29, 0.717) is 18.6 Å². The molecule has 0 aliphatic carbocycles. The molecule has 0 aliphatic heterocycles. The molecule has 0 spiro atoms. The number of alkyl halides is 6. The van der Waals surface area contributed by atoms with Crippen LogP contribution in [0.5, 0.6) is 5.75 Å². The zero-order valence-electron chi connectivity index (χ0n) is 11.3. The molecule has 2 aromatic rings. The molecule has 8 heteroatoms. The van der Waals surface area contributed by atoms with Crippen molar-refractivity contribution in [3.8, 4) is 5.75 Å². The summed E-state index contributed by atoms with van der Waals surface area (Å²) in [6, 6.07) is 3.68. The van der Waals surface area contributed by atoms with Crippen molar-refractivity contribution in [3.63, 3.8) is 0 Å². The molecule has 120 valence electrons. The molecule has 0 fully saturated rings. The lowest BCUT2D eigenvalue weighted by Gasteiger charge is -2.15. The standard InChI is InChI=1S/C14H11F6NO/c1-2-6-22-10-7-11(14(18,19)20)21-12-8(10)4-3-5-9(12)13(15,16)17/h3-5,7H,2,6H2,1H3. The van der Waals surface area contributed by atoms with Gasteiger partial charge < -0.3 is 4.74 Å². The van der Waals surface area contributed by atoms with Crippen LogP contribution in [0.1, 0.15) is 24.6 Å². The van der Waals surface area contributed by atoms with Gasteiger partial charge in [-0.15, -0.1) is 0 Å². The van der Waals surface area contributed by atoms with E-state index in [2.05, 4.69) is 4.98 Å². The van der Waals surface area contributed by atoms with Crippen molar-refractivity contribution < 1.29 is 31.1 Å². The van der Waals surface area contributed by atoms with Gasteiger partial charge in [-0.05, 0) is 18.6 Å². The maximum absolute atomic E-state index is 13.0. The highest BCUT2D eigenvalue weighted by Crippen LogP contribution is 2.39. The topological polar surface area (TPSA) is 22.1 Å². The number of pyridine rings is 1. The average molecular weight is 323 g/mol. The Bertz CT molecular complexity index is 677. The van der Waals surface area contributed by atoms with E-state index >= 15 is 0 Å². The first-order valence-electron chi connectivity index (χ1n) is 6.35. The molecule has 1 heterocycles. The molecule has 0 unspecified atom stereocenters. The van der Waals surface area contributed by atoms with Gasteiger partial charge in [0.25, 0.3) is 0 Å². The highest BCUT2D eigenvalue weighted by molar-refractivity contribution is 5.88. The number of ether oxygens (including phenoxy) is 1. The third-order valence-corrected chi connectivity index (χ3v) is 2.86. The molecule has 0 aliphatic rings. The van der Waals surface area contributed by atoms with Crippen LogP contribution in [0.25, 0.3) is 10.9 Å². The van der Waals surface area contributed by atoms with Crippen LogP contribution >= 0.6 is 0 Å². The van der Waals surface area contributed by atoms with E-state index in [1.807, 2.05) is 0 Å². The third kappa shape index (κ3) is 3.26. The lowest BCUT2D eigenvalue weighted by atomic mass is 10.1. The summed E-state index contributed by atoms with van der Waals surface area (Å²) in [6.07, 6.45) is -9.17. The van der Waals surface area contributed by atoms with Crippen LogP contribution < -0.4 is 4.74 Å². The third-order valence-electron chi connectivity index (χ3n) is 2.86. The fourth-order valence-corrected chi connectivity index (χ4v) is 1.92. The molecule has 0 N–H and O–H groups in total. The first-order valence-corrected chi connectivity index (χ1v) is 6.35. The second-order valence-electron chi connectivity index (χ2n) is 4.55. The summed E-state index contributed by atoms with van der Waals surface area (Å²) in [6.45, 7) is 1.82. The second-order valence-corrected chi connectivity index (χ2v) is 4.55. The Morgan fingerprint density at radius 1 is 1.05 bits per heavy atom. The van der Waals surface area contributed by atoms with Crippen LogP contribution in [0, 0.1) is 0 Å². The second kappa shape index (κ2) is 5.66. The predicted molar refractivity (Wildman–Crippen MR) is 67.5 cm³/mol. The number of benzene rings is 1. The van der Waals surface area contributed by atoms with Crippen LogP contribution in [-0.2, 0) is 12.4 Å². The first kappa shape index (κ1) is 16.4. The summed E-state index contributed by atoms with van der Waals surface area (Å²) >= 11 is 0. The van der Waals surface area contributed by atoms with Crippen molar-refractivity contribution in [2.75, 3.05) is 6.61 Å². The van der Waals surface area contributed by atoms with Crippen LogP contribution in [0.2, 0.25) is 0 Å². The molecule has 22 heavy (non-hydrogen) atoms. The lowest BCUT2D eigenvalue weighted by Crippen LogP contribution is -2.12. The summed E-state index contributed by atoms with van der Waals surface area (Å²) in [5.41, 5.74) is -3.41. The van der Waals surface area contributed by atoms with Crippen LogP contribution in [-0.4, -0.2) is 11.6 Å². The van der Waals surface area contributed by atoms with E-state index in [4.69, 9.17) is 4.74 Å². The summed E-state index contributed by atoms with van der Waals surface area (Å²) in [7, 11) is 0. The molecule has 0 saturated carbocycles. The van der Waals surface area contributed by atoms with E-state index in [-0.39, 0.29) is 17.7 Å². The molecule has 0 radical (unpaired) electrons. The summed E-state index contributed by atoms with van der Waals surface area (Å²) in [5, 5.41) is -0.101. The van der Waals surface area contributed by atoms with Crippen molar-refractivity contribution in [3.05, 3.63) is 35.5 Å². The molecule has 2 rings (SSSR count). The molecule has 2 nitrogen and oxygen atoms in total. The maximum Gasteiger partial charge on any atom is 0.433 e. The lowest BCUT2D eigenvalue weighted by molar-refractivity contribution is -0.142. The van der Waals surface area contributed by atoms with E-state index in [9.17, 15) is 26.3 Å². The zero-order chi connectivity index (χ0) is 16.5. The Labute approximate surface area is 121 Å². The summed E-state index contributed by atoms with van der Waals surface area (Å²) < 4.78 is 82.6. The number of hydrogen-bond acceptors (Lipinski definition) is 2. The number of rotatable bonds is 3. The fourth-order valence-electron chi connectivity index (χ4n) is 1.92. The Balaban J connectivity index is 2.77. The summed E-state index contributed by atoms with van der Waals surface area (Å²) in [4.78, 5) is 3.16. The van der Waals surface area contributed by atoms with Crippen LogP contribution in [0.15, 0.2) is 24.3 Å². The summed E-state index contributed by atoms with van der Waals surface area (Å²) in [5.74, 6) is -0.259. The number of fused-ring (bicyclic) bond motifs is 1. The SMILES string of the molecule is CCCOc1cc(C(F)(F)F)nc2c(C(F)(F)F)cccc12. The van der Waals surface area contributed by atoms with Gasteiger partial charge in [-0.2, -0.15) is 26.3 Å². The van der Waals surface area contributed by atoms with Gasteiger partial charge in [0.15, 0.2) is 0 Å². The van der Waals surface area contributed by atoms with Crippen molar-refractivity contribution in [1.82, 2.24) is 4.98 Å². The van der Waals surface area contributed by atoms with Gasteiger partial charge in [-0.25, -0.2) is 4.98 Å². The average Bonchev–Trinajstić information content (AvgIpc) is 2.41. The van der Waals surface area contributed by atoms with Crippen molar-refractivity contribution in [2.24, 2.45) is 0 Å². The minimum Gasteiger partial charge on any atom is -0.493 e. The number of halogens is 6. The number of nitrogens with zero attached hydrogens (tertiary/aromatic N) is 1. The fraction of sp³-hybridized carbons (Fsp3) is 0.357. The largest absolute Gasteiger partial charge is 0.493 e. The van der Waals surface area contributed by atoms with Crippen molar-refractivity contribution >= 4 is 10.9 Å². The molecule has 0 bridgehead atoms. The highest BCUT2D eigenvalue weighted by Gasteiger charge is 2.37. The van der Waals surface area contributed by atoms with Crippen molar-refractivity contribution in [1.29, 1.82) is 0 Å². The highest BCUT2D eigenvalue weighted by atomic mass is 19.4. The van der Waals surface area contributed by atoms with Crippen LogP contribution in [0.4, 0.5) is 26.3 Å². The van der Waals surface area contributed by atoms with Gasteiger partial charge in [0.1, 0.15) is 11.4 Å². The van der Waals surface area contributed by atoms with Crippen LogP contribution in [0.3, 0.4) is 0 Å². The molecule has 1 aromatic carbocycles. The molecule has 0 saturated heterocycles. The minimum absolute atomic E-state index is 0.0899. The maximum atomic E-state index is 13.0. The van der Waals surface area contributed by atoms with Gasteiger partial charge in [0.2, 0.25) is 0 Å². The quantitative estimate of drug-likeness (QED) is 0.737. The molecule has 0 amide bonds. The van der Waals surface area contributed by atoms with Gasteiger partial charge >= 0.3 is 12.4 Å². The van der Waals surface area contributed by atoms with Gasteiger partial charge in [0, 0.05) is 11.5 Å². The van der Waals surface area contributed by atoms with Gasteiger partial charge in [0.05, 0.1) is 17.7 Å². The number of hydrogen-bond donors (Lipinski definition) is 0. The first-order chi connectivity index (χ1) is 10.1. The van der Waals surface area contributed by atoms with E-state index in [1.54, 1.807) is 6.92 Å². The zero-order valence-corrected chi connectivity index (χ0v) is 11.3. The smallest absolute Gasteiger partial charge is 0.433 e. The minimum atomic E-state index is -4.86. The van der Waals surface area contributed by atoms with E-state index in [0.717, 1.165) is 6.07 Å². The van der Waals surface area contributed by atoms with E-state index < -0.39 is 29.1 Å². The van der Waals surface area contributed by atoms with Crippen molar-refractivity contribution in [2.45, 2.75) is 25.7 Å². The Morgan fingerprint density at radius 2 is 1.73 bits per heavy atom. The predicted octanol–water partition coefficient (Wildman–Crippen LogP) is 5.06. The van der Waals surface area contributed by atoms with Gasteiger partial charge in [-0.3, -0.25) is 0 Å². The Hall–Kier alpha value is -1.99. The Kier molecular flexibility index (Phi) is 4.21. The van der Waals surface area contributed by atoms with Gasteiger partial charge in [-0.1, -0.05) is 13.0 Å². The normalized spacial score (nSPS) is 12.7. The van der Waals surface area contributed by atoms with E-state index in [1.165, 1.54) is 6.07 Å². The number of para-hydroxylation sites is 1. The monoisotopic (exact) mass is 323 g/mol. The molecular weight excluding hydrogens is 312 g/mol. The molecular formula is C14H11F6NO. The Morgan fingerprint density at radius 3 is 2.27 bits per heavy atom. The molecule has 0 atom stereocenters. The molecule has 1 aromatic heterocycles.